The second kappa shape index (κ2) is 20.8. The zero-order valence-corrected chi connectivity index (χ0v) is 38.2. The largest absolute Gasteiger partial charge is 0.467 e. The number of aryl methyl sites for hydroxylation is 2. The van der Waals surface area contributed by atoms with Crippen LogP contribution < -0.4 is 15.4 Å². The molecule has 1 spiro atoms. The van der Waals surface area contributed by atoms with Gasteiger partial charge >= 0.3 is 35.9 Å². The molecule has 0 aliphatic carbocycles. The van der Waals surface area contributed by atoms with E-state index in [0.717, 1.165) is 34.8 Å². The van der Waals surface area contributed by atoms with Gasteiger partial charge in [0.2, 0.25) is 11.8 Å². The summed E-state index contributed by atoms with van der Waals surface area (Å²) >= 11 is 0. The van der Waals surface area contributed by atoms with E-state index in [-0.39, 0.29) is 44.2 Å². The maximum Gasteiger partial charge on any atom is 0.410 e. The maximum absolute atomic E-state index is 14.8. The lowest BCUT2D eigenvalue weighted by Crippen LogP contribution is -2.70. The predicted octanol–water partition coefficient (Wildman–Crippen LogP) is 1.59. The molecule has 21 nitrogen and oxygen atoms in total. The van der Waals surface area contributed by atoms with E-state index in [1.165, 1.54) is 28.9 Å². The number of benzene rings is 1. The highest BCUT2D eigenvalue weighted by molar-refractivity contribution is 5.95. The standard InChI is InChI=1S/C43H60N4O17/c1-23-16-30(17-24(2)35(23)61-28(6)51)38(54)44-20-32(60-27(5)50)36(62-29(7)52)37-34(45-25(3)48)31(59-26(4)49)18-43(63-37,39(55)57-11)19-33(53)47-14-15-58-22-42(47)12-13-46(21-42)40(56)64-41(8,9)10/h16-17,31-32,34,36-37H,12-15,18-22H2,1-11H3,(H,44,54)(H,45,48)/t31-,32+,34+,36+,37+,42-,43-/m0/s1. The fraction of sp³-hybridized carbons (Fsp3) is 0.651. The second-order valence-corrected chi connectivity index (χ2v) is 17.3. The first-order valence-electron chi connectivity index (χ1n) is 20.8. The van der Waals surface area contributed by atoms with Gasteiger partial charge in [-0.1, -0.05) is 0 Å². The SMILES string of the molecule is COC(=O)[C@@]1(CC(=O)N2CCOC[C@@]23CCN(C(=O)OC(C)(C)C)C3)C[C@H](OC(C)=O)[C@@H](NC(C)=O)[C@H]([C@H](OC(C)=O)[C@@H](CNC(=O)c2cc(C)c(OC(C)=O)c(C)c2)OC(C)=O)O1. The Labute approximate surface area is 371 Å². The van der Waals surface area contributed by atoms with Gasteiger partial charge in [-0.3, -0.25) is 33.6 Å². The molecular weight excluding hydrogens is 844 g/mol. The molecule has 3 aliphatic heterocycles. The van der Waals surface area contributed by atoms with Gasteiger partial charge in [0.1, 0.15) is 23.6 Å². The summed E-state index contributed by atoms with van der Waals surface area (Å²) in [4.78, 5) is 122. The molecule has 3 heterocycles. The molecule has 0 aromatic heterocycles. The third kappa shape index (κ3) is 12.7. The van der Waals surface area contributed by atoms with Crippen molar-refractivity contribution in [3.8, 4) is 5.75 Å². The van der Waals surface area contributed by atoms with Crippen LogP contribution in [0.15, 0.2) is 12.1 Å². The van der Waals surface area contributed by atoms with Gasteiger partial charge in [-0.25, -0.2) is 9.59 Å². The Morgan fingerprint density at radius 1 is 0.891 bits per heavy atom. The van der Waals surface area contributed by atoms with E-state index in [9.17, 15) is 43.2 Å². The van der Waals surface area contributed by atoms with Crippen molar-refractivity contribution in [1.29, 1.82) is 0 Å². The van der Waals surface area contributed by atoms with Crippen molar-refractivity contribution in [2.24, 2.45) is 0 Å². The van der Waals surface area contributed by atoms with Crippen molar-refractivity contribution in [2.45, 2.75) is 136 Å². The lowest BCUT2D eigenvalue weighted by molar-refractivity contribution is -0.241. The third-order valence-corrected chi connectivity index (χ3v) is 10.8. The summed E-state index contributed by atoms with van der Waals surface area (Å²) < 4.78 is 45.7. The van der Waals surface area contributed by atoms with Crippen LogP contribution >= 0.6 is 0 Å². The highest BCUT2D eigenvalue weighted by Crippen LogP contribution is 2.40. The number of methoxy groups -OCH3 is 1. The number of morpholine rings is 1. The van der Waals surface area contributed by atoms with Crippen LogP contribution in [0.1, 0.15) is 96.1 Å². The average Bonchev–Trinajstić information content (AvgIpc) is 3.60. The van der Waals surface area contributed by atoms with Crippen molar-refractivity contribution < 1.29 is 81.0 Å². The molecule has 4 rings (SSSR count). The van der Waals surface area contributed by atoms with Gasteiger partial charge < -0.3 is 58.3 Å². The Morgan fingerprint density at radius 2 is 1.53 bits per heavy atom. The van der Waals surface area contributed by atoms with E-state index in [1.54, 1.807) is 34.6 Å². The second-order valence-electron chi connectivity index (χ2n) is 17.3. The maximum atomic E-state index is 14.8. The molecule has 0 radical (unpaired) electrons. The van der Waals surface area contributed by atoms with Crippen LogP contribution in [-0.4, -0.2) is 157 Å². The van der Waals surface area contributed by atoms with Gasteiger partial charge in [0.15, 0.2) is 17.8 Å². The van der Waals surface area contributed by atoms with Crippen LogP contribution in [-0.2, 0) is 66.7 Å². The molecular formula is C43H60N4O17. The summed E-state index contributed by atoms with van der Waals surface area (Å²) in [5, 5.41) is 5.29. The van der Waals surface area contributed by atoms with Crippen LogP contribution in [0.4, 0.5) is 4.79 Å². The van der Waals surface area contributed by atoms with E-state index in [4.69, 9.17) is 37.9 Å². The number of rotatable bonds is 13. The summed E-state index contributed by atoms with van der Waals surface area (Å²) in [5.41, 5.74) is -3.10. The minimum atomic E-state index is -2.32. The Hall–Kier alpha value is -5.83. The number of hydrogen-bond acceptors (Lipinski definition) is 17. The van der Waals surface area contributed by atoms with Gasteiger partial charge in [-0.05, 0) is 64.3 Å². The van der Waals surface area contributed by atoms with Crippen molar-refractivity contribution in [1.82, 2.24) is 20.4 Å². The van der Waals surface area contributed by atoms with Crippen molar-refractivity contribution in [2.75, 3.05) is 46.5 Å². The van der Waals surface area contributed by atoms with Gasteiger partial charge in [0.05, 0.1) is 44.9 Å². The zero-order valence-electron chi connectivity index (χ0n) is 38.2. The molecule has 3 fully saturated rings. The Morgan fingerprint density at radius 3 is 2.08 bits per heavy atom. The van der Waals surface area contributed by atoms with Gasteiger partial charge in [-0.2, -0.15) is 0 Å². The molecule has 1 aromatic carbocycles. The van der Waals surface area contributed by atoms with Crippen LogP contribution in [0.3, 0.4) is 0 Å². The van der Waals surface area contributed by atoms with Crippen LogP contribution in [0.25, 0.3) is 0 Å². The fourth-order valence-electron chi connectivity index (χ4n) is 8.36. The third-order valence-electron chi connectivity index (χ3n) is 10.8. The first-order valence-corrected chi connectivity index (χ1v) is 20.8. The number of carbonyl (C=O) groups is 9. The Kier molecular flexibility index (Phi) is 16.5. The number of nitrogens with zero attached hydrogens (tertiary/aromatic N) is 2. The molecule has 64 heavy (non-hydrogen) atoms. The van der Waals surface area contributed by atoms with E-state index < -0.39 is 120 Å². The number of likely N-dealkylation sites (tertiary alicyclic amines) is 1. The number of ether oxygens (including phenoxy) is 8. The van der Waals surface area contributed by atoms with E-state index in [0.29, 0.717) is 17.5 Å². The van der Waals surface area contributed by atoms with E-state index >= 15 is 0 Å². The summed E-state index contributed by atoms with van der Waals surface area (Å²) in [6.07, 6.45) is -8.21. The number of esters is 5. The van der Waals surface area contributed by atoms with E-state index in [1.807, 2.05) is 0 Å². The molecule has 4 amide bonds. The smallest absolute Gasteiger partial charge is 0.410 e. The summed E-state index contributed by atoms with van der Waals surface area (Å²) in [5.74, 6) is -6.12. The van der Waals surface area contributed by atoms with E-state index in [2.05, 4.69) is 10.6 Å². The normalized spacial score (nSPS) is 24.1. The minimum absolute atomic E-state index is 0.0445. The fourth-order valence-corrected chi connectivity index (χ4v) is 8.36. The van der Waals surface area contributed by atoms with Crippen molar-refractivity contribution in [3.05, 3.63) is 28.8 Å². The summed E-state index contributed by atoms with van der Waals surface area (Å²) in [6, 6.07) is 1.50. The Bertz CT molecular complexity index is 1980. The zero-order chi connectivity index (χ0) is 47.9. The van der Waals surface area contributed by atoms with Crippen LogP contribution in [0.5, 0.6) is 5.75 Å². The van der Waals surface area contributed by atoms with Crippen molar-refractivity contribution in [3.63, 3.8) is 0 Å². The highest BCUT2D eigenvalue weighted by atomic mass is 16.6. The number of amides is 4. The minimum Gasteiger partial charge on any atom is -0.467 e. The lowest BCUT2D eigenvalue weighted by atomic mass is 9.80. The molecule has 0 saturated carbocycles. The van der Waals surface area contributed by atoms with Gasteiger partial charge in [0, 0.05) is 66.2 Å². The van der Waals surface area contributed by atoms with Crippen LogP contribution in [0, 0.1) is 13.8 Å². The number of hydrogen-bond donors (Lipinski definition) is 2. The highest BCUT2D eigenvalue weighted by Gasteiger charge is 2.60. The summed E-state index contributed by atoms with van der Waals surface area (Å²) in [6.45, 7) is 13.9. The predicted molar refractivity (Wildman–Crippen MR) is 220 cm³/mol. The summed E-state index contributed by atoms with van der Waals surface area (Å²) in [7, 11) is 1.04. The quantitative estimate of drug-likeness (QED) is 0.162. The molecule has 1 aromatic rings. The topological polar surface area (TPSA) is 258 Å². The number of carbonyl (C=O) groups excluding carboxylic acids is 9. The molecule has 0 bridgehead atoms. The average molecular weight is 905 g/mol. The molecule has 3 saturated heterocycles. The molecule has 354 valence electrons. The Balaban J connectivity index is 1.79. The van der Waals surface area contributed by atoms with Crippen LogP contribution in [0.2, 0.25) is 0 Å². The molecule has 21 heteroatoms. The van der Waals surface area contributed by atoms with Gasteiger partial charge in [0.25, 0.3) is 5.91 Å². The van der Waals surface area contributed by atoms with Crippen molar-refractivity contribution >= 4 is 53.7 Å². The monoisotopic (exact) mass is 904 g/mol. The van der Waals surface area contributed by atoms with Gasteiger partial charge in [-0.15, -0.1) is 0 Å². The molecule has 0 unspecified atom stereocenters. The first-order chi connectivity index (χ1) is 29.8. The molecule has 7 atom stereocenters. The molecule has 3 aliphatic rings. The molecule has 2 N–H and O–H groups in total. The number of nitrogens with one attached hydrogen (secondary N) is 2. The lowest BCUT2D eigenvalue weighted by Gasteiger charge is -2.50. The first kappa shape index (κ1) is 50.8.